The van der Waals surface area contributed by atoms with Crippen LogP contribution in [0.5, 0.6) is 0 Å². The highest BCUT2D eigenvalue weighted by Crippen LogP contribution is 2.31. The molecule has 0 amide bonds. The average Bonchev–Trinajstić information content (AvgIpc) is 2.42. The van der Waals surface area contributed by atoms with Gasteiger partial charge >= 0.3 is 0 Å². The highest BCUT2D eigenvalue weighted by molar-refractivity contribution is 7.98. The Balaban J connectivity index is 2.02. The number of thioether (sulfide) groups is 1. The standard InChI is InChI=1S/C14H15ClN2S/c15-12-6-2-1-5-11(12)10-18-14(9-16)13-7-3-4-8-17-13/h1-8,14H,9-10,16H2. The van der Waals surface area contributed by atoms with Crippen molar-refractivity contribution in [2.45, 2.75) is 11.0 Å². The molecule has 0 aliphatic carbocycles. The third-order valence-corrected chi connectivity index (χ3v) is 4.31. The molecule has 0 bridgehead atoms. The minimum absolute atomic E-state index is 0.211. The van der Waals surface area contributed by atoms with Crippen LogP contribution in [0.25, 0.3) is 0 Å². The van der Waals surface area contributed by atoms with Gasteiger partial charge in [0.1, 0.15) is 0 Å². The van der Waals surface area contributed by atoms with Crippen molar-refractivity contribution in [1.82, 2.24) is 4.98 Å². The highest BCUT2D eigenvalue weighted by atomic mass is 35.5. The molecule has 1 unspecified atom stereocenters. The molecule has 18 heavy (non-hydrogen) atoms. The third-order valence-electron chi connectivity index (χ3n) is 2.63. The largest absolute Gasteiger partial charge is 0.329 e. The lowest BCUT2D eigenvalue weighted by molar-refractivity contribution is 0.898. The first-order valence-corrected chi connectivity index (χ1v) is 7.20. The third kappa shape index (κ3) is 3.48. The molecule has 0 saturated heterocycles. The van der Waals surface area contributed by atoms with E-state index in [-0.39, 0.29) is 5.25 Å². The van der Waals surface area contributed by atoms with Crippen LogP contribution in [0.15, 0.2) is 48.7 Å². The van der Waals surface area contributed by atoms with Gasteiger partial charge in [0.05, 0.1) is 10.9 Å². The van der Waals surface area contributed by atoms with Gasteiger partial charge in [0.25, 0.3) is 0 Å². The van der Waals surface area contributed by atoms with Crippen LogP contribution in [0, 0.1) is 0 Å². The Bertz CT molecular complexity index is 490. The van der Waals surface area contributed by atoms with Gasteiger partial charge in [0, 0.05) is 23.5 Å². The SMILES string of the molecule is NCC(SCc1ccccc1Cl)c1ccccn1. The molecule has 0 saturated carbocycles. The summed E-state index contributed by atoms with van der Waals surface area (Å²) in [7, 11) is 0. The van der Waals surface area contributed by atoms with Crippen LogP contribution in [-0.2, 0) is 5.75 Å². The van der Waals surface area contributed by atoms with E-state index >= 15 is 0 Å². The Hall–Kier alpha value is -1.03. The number of benzene rings is 1. The summed E-state index contributed by atoms with van der Waals surface area (Å²) < 4.78 is 0. The second-order valence-electron chi connectivity index (χ2n) is 3.88. The van der Waals surface area contributed by atoms with Crippen LogP contribution in [0.4, 0.5) is 0 Å². The number of nitrogens with two attached hydrogens (primary N) is 1. The van der Waals surface area contributed by atoms with Crippen LogP contribution in [0.2, 0.25) is 5.02 Å². The quantitative estimate of drug-likeness (QED) is 0.907. The van der Waals surface area contributed by atoms with Gasteiger partial charge in [0.15, 0.2) is 0 Å². The van der Waals surface area contributed by atoms with Gasteiger partial charge in [-0.2, -0.15) is 0 Å². The van der Waals surface area contributed by atoms with Crippen molar-refractivity contribution in [3.63, 3.8) is 0 Å². The maximum Gasteiger partial charge on any atom is 0.0595 e. The Kier molecular flexibility index (Phi) is 5.05. The molecule has 1 aromatic carbocycles. The van der Waals surface area contributed by atoms with Crippen LogP contribution in [-0.4, -0.2) is 11.5 Å². The number of hydrogen-bond acceptors (Lipinski definition) is 3. The van der Waals surface area contributed by atoms with E-state index in [1.54, 1.807) is 18.0 Å². The van der Waals surface area contributed by atoms with Crippen molar-refractivity contribution in [2.24, 2.45) is 5.73 Å². The summed E-state index contributed by atoms with van der Waals surface area (Å²) in [6.07, 6.45) is 1.80. The van der Waals surface area contributed by atoms with Crippen molar-refractivity contribution in [3.8, 4) is 0 Å². The van der Waals surface area contributed by atoms with Gasteiger partial charge < -0.3 is 5.73 Å². The molecule has 2 N–H and O–H groups in total. The highest BCUT2D eigenvalue weighted by Gasteiger charge is 2.12. The maximum absolute atomic E-state index is 6.14. The number of halogens is 1. The molecule has 0 fully saturated rings. The molecule has 2 nitrogen and oxygen atoms in total. The van der Waals surface area contributed by atoms with Crippen LogP contribution < -0.4 is 5.73 Å². The predicted molar refractivity (Wildman–Crippen MR) is 78.8 cm³/mol. The van der Waals surface area contributed by atoms with Crippen molar-refractivity contribution in [2.75, 3.05) is 6.54 Å². The molecule has 1 heterocycles. The number of aromatic nitrogens is 1. The Morgan fingerprint density at radius 1 is 1.17 bits per heavy atom. The molecule has 1 aromatic heterocycles. The van der Waals surface area contributed by atoms with Crippen molar-refractivity contribution < 1.29 is 0 Å². The molecular formula is C14H15ClN2S. The fraction of sp³-hybridized carbons (Fsp3) is 0.214. The Morgan fingerprint density at radius 3 is 2.61 bits per heavy atom. The van der Waals surface area contributed by atoms with E-state index in [1.165, 1.54) is 0 Å². The topological polar surface area (TPSA) is 38.9 Å². The van der Waals surface area contributed by atoms with Crippen molar-refractivity contribution in [3.05, 3.63) is 64.9 Å². The Morgan fingerprint density at radius 2 is 1.94 bits per heavy atom. The molecular weight excluding hydrogens is 264 g/mol. The lowest BCUT2D eigenvalue weighted by atomic mass is 10.2. The van der Waals surface area contributed by atoms with E-state index in [9.17, 15) is 0 Å². The first-order valence-electron chi connectivity index (χ1n) is 5.77. The smallest absolute Gasteiger partial charge is 0.0595 e. The normalized spacial score (nSPS) is 12.3. The summed E-state index contributed by atoms with van der Waals surface area (Å²) in [6.45, 7) is 0.576. The zero-order valence-corrected chi connectivity index (χ0v) is 11.5. The summed E-state index contributed by atoms with van der Waals surface area (Å²) in [5.74, 6) is 0.845. The maximum atomic E-state index is 6.14. The minimum Gasteiger partial charge on any atom is -0.329 e. The lowest BCUT2D eigenvalue weighted by Crippen LogP contribution is -2.10. The van der Waals surface area contributed by atoms with Crippen molar-refractivity contribution >= 4 is 23.4 Å². The number of hydrogen-bond donors (Lipinski definition) is 1. The van der Waals surface area contributed by atoms with E-state index in [4.69, 9.17) is 17.3 Å². The van der Waals surface area contributed by atoms with Gasteiger partial charge in [-0.1, -0.05) is 35.9 Å². The number of rotatable bonds is 5. The van der Waals surface area contributed by atoms with Crippen LogP contribution in [0.1, 0.15) is 16.5 Å². The monoisotopic (exact) mass is 278 g/mol. The zero-order chi connectivity index (χ0) is 12.8. The number of nitrogens with zero attached hydrogens (tertiary/aromatic N) is 1. The van der Waals surface area contributed by atoms with E-state index in [0.29, 0.717) is 6.54 Å². The van der Waals surface area contributed by atoms with Crippen LogP contribution >= 0.6 is 23.4 Å². The molecule has 2 rings (SSSR count). The first-order chi connectivity index (χ1) is 8.81. The molecule has 4 heteroatoms. The van der Waals surface area contributed by atoms with Gasteiger partial charge in [0.2, 0.25) is 0 Å². The second kappa shape index (κ2) is 6.78. The summed E-state index contributed by atoms with van der Waals surface area (Å²) >= 11 is 7.91. The first kappa shape index (κ1) is 13.4. The summed E-state index contributed by atoms with van der Waals surface area (Å²) in [6, 6.07) is 13.8. The van der Waals surface area contributed by atoms with Gasteiger partial charge in [-0.05, 0) is 23.8 Å². The molecule has 94 valence electrons. The minimum atomic E-state index is 0.211. The Labute approximate surface area is 117 Å². The number of pyridine rings is 1. The van der Waals surface area contributed by atoms with Gasteiger partial charge in [-0.25, -0.2) is 0 Å². The molecule has 0 spiro atoms. The van der Waals surface area contributed by atoms with Crippen molar-refractivity contribution in [1.29, 1.82) is 0 Å². The van der Waals surface area contributed by atoms with E-state index in [0.717, 1.165) is 22.0 Å². The zero-order valence-electron chi connectivity index (χ0n) is 9.92. The van der Waals surface area contributed by atoms with Crippen LogP contribution in [0.3, 0.4) is 0 Å². The predicted octanol–water partition coefficient (Wildman–Crippen LogP) is 3.67. The average molecular weight is 279 g/mol. The fourth-order valence-electron chi connectivity index (χ4n) is 1.65. The summed E-state index contributed by atoms with van der Waals surface area (Å²) in [4.78, 5) is 4.35. The fourth-order valence-corrected chi connectivity index (χ4v) is 3.01. The molecule has 2 aromatic rings. The summed E-state index contributed by atoms with van der Waals surface area (Å²) in [5, 5.41) is 1.02. The molecule has 1 atom stereocenters. The van der Waals surface area contributed by atoms with E-state index in [2.05, 4.69) is 4.98 Å². The van der Waals surface area contributed by atoms with E-state index in [1.807, 2.05) is 42.5 Å². The lowest BCUT2D eigenvalue weighted by Gasteiger charge is -2.14. The molecule has 0 aliphatic rings. The van der Waals surface area contributed by atoms with Gasteiger partial charge in [-0.15, -0.1) is 11.8 Å². The van der Waals surface area contributed by atoms with E-state index < -0.39 is 0 Å². The van der Waals surface area contributed by atoms with Gasteiger partial charge in [-0.3, -0.25) is 4.98 Å². The second-order valence-corrected chi connectivity index (χ2v) is 5.48. The summed E-state index contributed by atoms with van der Waals surface area (Å²) in [5.41, 5.74) is 7.98. The molecule has 0 radical (unpaired) electrons. The molecule has 0 aliphatic heterocycles.